The minimum absolute atomic E-state index is 0.107. The van der Waals surface area contributed by atoms with Gasteiger partial charge in [-0.1, -0.05) is 41.4 Å². The third kappa shape index (κ3) is 4.16. The van der Waals surface area contributed by atoms with E-state index in [1.165, 1.54) is 42.0 Å². The van der Waals surface area contributed by atoms with E-state index >= 15 is 0 Å². The second-order valence-electron chi connectivity index (χ2n) is 6.51. The zero-order chi connectivity index (χ0) is 22.1. The van der Waals surface area contributed by atoms with Gasteiger partial charge in [0.1, 0.15) is 11.4 Å². The third-order valence-electron chi connectivity index (χ3n) is 4.36. The Kier molecular flexibility index (Phi) is 5.50. The van der Waals surface area contributed by atoms with Gasteiger partial charge < -0.3 is 4.74 Å². The van der Waals surface area contributed by atoms with Crippen molar-refractivity contribution in [3.8, 4) is 22.9 Å². The number of nitrogens with one attached hydrogen (secondary N) is 1. The van der Waals surface area contributed by atoms with Crippen LogP contribution < -0.4 is 21.5 Å². The van der Waals surface area contributed by atoms with Gasteiger partial charge in [-0.15, -0.1) is 0 Å². The molecule has 0 aliphatic rings. The number of rotatable bonds is 4. The predicted molar refractivity (Wildman–Crippen MR) is 117 cm³/mol. The zero-order valence-corrected chi connectivity index (χ0v) is 17.5. The van der Waals surface area contributed by atoms with Crippen molar-refractivity contribution in [3.63, 3.8) is 0 Å². The normalized spacial score (nSPS) is 10.8. The van der Waals surface area contributed by atoms with Gasteiger partial charge in [-0.3, -0.25) is 19.1 Å². The number of halogens is 2. The van der Waals surface area contributed by atoms with Crippen molar-refractivity contribution in [1.29, 1.82) is 0 Å². The Labute approximate surface area is 184 Å². The van der Waals surface area contributed by atoms with Crippen LogP contribution in [-0.4, -0.2) is 19.3 Å². The van der Waals surface area contributed by atoms with E-state index in [1.54, 1.807) is 12.1 Å². The van der Waals surface area contributed by atoms with E-state index < -0.39 is 11.2 Å². The highest BCUT2D eigenvalue weighted by Gasteiger charge is 2.15. The lowest BCUT2D eigenvalue weighted by Gasteiger charge is -2.13. The smallest absolute Gasteiger partial charge is 0.349 e. The summed E-state index contributed by atoms with van der Waals surface area (Å²) < 4.78 is 8.24. The van der Waals surface area contributed by atoms with Crippen molar-refractivity contribution in [1.82, 2.24) is 19.3 Å². The molecule has 2 aromatic heterocycles. The Hall–Kier alpha value is -3.62. The summed E-state index contributed by atoms with van der Waals surface area (Å²) in [6, 6.07) is 14.8. The molecule has 31 heavy (non-hydrogen) atoms. The number of aromatic nitrogens is 4. The monoisotopic (exact) mass is 456 g/mol. The van der Waals surface area contributed by atoms with Crippen LogP contribution in [0.5, 0.6) is 11.5 Å². The maximum absolute atomic E-state index is 12.2. The molecular formula is C21H14Cl2N4O4. The summed E-state index contributed by atoms with van der Waals surface area (Å²) in [6.07, 6.45) is 1.52. The van der Waals surface area contributed by atoms with Gasteiger partial charge in [0, 0.05) is 11.8 Å². The van der Waals surface area contributed by atoms with Gasteiger partial charge in [0.2, 0.25) is 0 Å². The van der Waals surface area contributed by atoms with Crippen LogP contribution in [0, 0.1) is 6.92 Å². The van der Waals surface area contributed by atoms with Gasteiger partial charge in [-0.2, -0.15) is 9.78 Å². The summed E-state index contributed by atoms with van der Waals surface area (Å²) in [4.78, 5) is 38.0. The summed E-state index contributed by atoms with van der Waals surface area (Å²) in [6.45, 7) is 1.47. The molecule has 0 fully saturated rings. The molecule has 0 atom stereocenters. The second kappa shape index (κ2) is 8.25. The molecule has 2 aromatic carbocycles. The fraction of sp³-hybridized carbons (Fsp3) is 0.0476. The Morgan fingerprint density at radius 2 is 1.61 bits per heavy atom. The summed E-state index contributed by atoms with van der Waals surface area (Å²) in [5, 5.41) is 4.18. The first-order valence-corrected chi connectivity index (χ1v) is 9.75. The van der Waals surface area contributed by atoms with E-state index in [-0.39, 0.29) is 32.7 Å². The lowest BCUT2D eigenvalue weighted by atomic mass is 10.3. The van der Waals surface area contributed by atoms with Crippen molar-refractivity contribution in [2.24, 2.45) is 0 Å². The maximum atomic E-state index is 12.2. The zero-order valence-electron chi connectivity index (χ0n) is 16.0. The lowest BCUT2D eigenvalue weighted by molar-refractivity contribution is 0.478. The summed E-state index contributed by atoms with van der Waals surface area (Å²) in [7, 11) is 0. The molecule has 4 rings (SSSR count). The average molecular weight is 457 g/mol. The van der Waals surface area contributed by atoms with Crippen molar-refractivity contribution in [2.45, 2.75) is 6.92 Å². The molecule has 0 bridgehead atoms. The minimum Gasteiger partial charge on any atom is -0.453 e. The molecule has 0 unspecified atom stereocenters. The van der Waals surface area contributed by atoms with Gasteiger partial charge in [0.05, 0.1) is 21.9 Å². The Morgan fingerprint density at radius 3 is 2.29 bits per heavy atom. The van der Waals surface area contributed by atoms with Crippen LogP contribution in [0.2, 0.25) is 10.0 Å². The standard InChI is InChI=1S/C21H14Cl2N4O4/c1-12-20(29)24-21(30)27(25-12)14-9-16(22)19(17(23)10-14)31-15-7-8-18(28)26(11-15)13-5-3-2-4-6-13/h2-11H,1H3,(H,24,29,30). The molecular weight excluding hydrogens is 443 g/mol. The van der Waals surface area contributed by atoms with Crippen LogP contribution in [-0.2, 0) is 0 Å². The quantitative estimate of drug-likeness (QED) is 0.506. The molecule has 0 amide bonds. The van der Waals surface area contributed by atoms with E-state index in [9.17, 15) is 14.4 Å². The minimum atomic E-state index is -0.730. The average Bonchev–Trinajstić information content (AvgIpc) is 2.75. The number of ether oxygens (including phenoxy) is 1. The molecule has 0 aliphatic carbocycles. The summed E-state index contributed by atoms with van der Waals surface area (Å²) in [5.41, 5.74) is -0.510. The molecule has 10 heteroatoms. The molecule has 0 saturated heterocycles. The van der Waals surface area contributed by atoms with Gasteiger partial charge in [0.25, 0.3) is 11.1 Å². The highest BCUT2D eigenvalue weighted by molar-refractivity contribution is 6.37. The molecule has 0 radical (unpaired) electrons. The number of para-hydroxylation sites is 1. The van der Waals surface area contributed by atoms with Crippen LogP contribution in [0.1, 0.15) is 5.69 Å². The second-order valence-corrected chi connectivity index (χ2v) is 7.32. The summed E-state index contributed by atoms with van der Waals surface area (Å²) >= 11 is 12.7. The number of aryl methyl sites for hydroxylation is 1. The number of pyridine rings is 1. The first kappa shape index (κ1) is 20.6. The van der Waals surface area contributed by atoms with Crippen molar-refractivity contribution >= 4 is 23.2 Å². The number of nitrogens with zero attached hydrogens (tertiary/aromatic N) is 3. The van der Waals surface area contributed by atoms with Crippen LogP contribution >= 0.6 is 23.2 Å². The van der Waals surface area contributed by atoms with Crippen LogP contribution in [0.15, 0.2) is 75.2 Å². The highest BCUT2D eigenvalue weighted by atomic mass is 35.5. The van der Waals surface area contributed by atoms with Crippen molar-refractivity contribution in [2.75, 3.05) is 0 Å². The number of benzene rings is 2. The number of aromatic amines is 1. The Balaban J connectivity index is 1.73. The fourth-order valence-electron chi connectivity index (χ4n) is 2.86. The molecule has 156 valence electrons. The van der Waals surface area contributed by atoms with E-state index in [0.717, 1.165) is 4.68 Å². The van der Waals surface area contributed by atoms with Crippen LogP contribution in [0.4, 0.5) is 0 Å². The largest absolute Gasteiger partial charge is 0.453 e. The third-order valence-corrected chi connectivity index (χ3v) is 4.92. The summed E-state index contributed by atoms with van der Waals surface area (Å²) in [5.74, 6) is 0.467. The van der Waals surface area contributed by atoms with Crippen LogP contribution in [0.3, 0.4) is 0 Å². The van der Waals surface area contributed by atoms with E-state index in [1.807, 2.05) is 18.2 Å². The molecule has 8 nitrogen and oxygen atoms in total. The van der Waals surface area contributed by atoms with Crippen LogP contribution in [0.25, 0.3) is 11.4 Å². The van der Waals surface area contributed by atoms with Crippen molar-refractivity contribution in [3.05, 3.63) is 108 Å². The van der Waals surface area contributed by atoms with Gasteiger partial charge >= 0.3 is 5.69 Å². The number of hydrogen-bond donors (Lipinski definition) is 1. The predicted octanol–water partition coefficient (Wildman–Crippen LogP) is 3.48. The van der Waals surface area contributed by atoms with Crippen molar-refractivity contribution < 1.29 is 4.74 Å². The molecule has 2 heterocycles. The van der Waals surface area contributed by atoms with E-state index in [4.69, 9.17) is 27.9 Å². The fourth-order valence-corrected chi connectivity index (χ4v) is 3.41. The molecule has 1 N–H and O–H groups in total. The number of H-pyrrole nitrogens is 1. The van der Waals surface area contributed by atoms with Gasteiger partial charge in [-0.25, -0.2) is 4.79 Å². The molecule has 0 spiro atoms. The lowest BCUT2D eigenvalue weighted by Crippen LogP contribution is -2.32. The Morgan fingerprint density at radius 1 is 0.935 bits per heavy atom. The van der Waals surface area contributed by atoms with Gasteiger partial charge in [0.15, 0.2) is 5.75 Å². The SMILES string of the molecule is Cc1nn(-c2cc(Cl)c(Oc3ccc(=O)n(-c4ccccc4)c3)c(Cl)c2)c(=O)[nH]c1=O. The van der Waals surface area contributed by atoms with E-state index in [2.05, 4.69) is 10.1 Å². The first-order valence-electron chi connectivity index (χ1n) is 8.99. The molecule has 0 saturated carbocycles. The Bertz CT molecular complexity index is 1440. The molecule has 4 aromatic rings. The maximum Gasteiger partial charge on any atom is 0.349 e. The van der Waals surface area contributed by atoms with E-state index in [0.29, 0.717) is 11.4 Å². The van der Waals surface area contributed by atoms with Gasteiger partial charge in [-0.05, 0) is 37.3 Å². The molecule has 0 aliphatic heterocycles. The topological polar surface area (TPSA) is 99.0 Å². The first-order chi connectivity index (χ1) is 14.8. The highest BCUT2D eigenvalue weighted by Crippen LogP contribution is 2.37. The number of hydrogen-bond acceptors (Lipinski definition) is 5.